The van der Waals surface area contributed by atoms with E-state index in [4.69, 9.17) is 16.1 Å². The number of carbonyl (C=O) groups is 1. The Balaban J connectivity index is 1.44. The normalized spacial score (nSPS) is 12.3. The number of nitrogens with zero attached hydrogens (tertiary/aromatic N) is 3. The summed E-state index contributed by atoms with van der Waals surface area (Å²) in [6, 6.07) is 19.2. The van der Waals surface area contributed by atoms with Crippen LogP contribution in [0.2, 0.25) is 5.02 Å². The van der Waals surface area contributed by atoms with Crippen molar-refractivity contribution in [1.29, 1.82) is 0 Å². The van der Waals surface area contributed by atoms with Gasteiger partial charge in [-0.3, -0.25) is 0 Å². The molecule has 37 heavy (non-hydrogen) atoms. The highest BCUT2D eigenvalue weighted by Crippen LogP contribution is 2.26. The summed E-state index contributed by atoms with van der Waals surface area (Å²) in [5.41, 5.74) is 1.79. The van der Waals surface area contributed by atoms with Crippen LogP contribution in [-0.2, 0) is 16.3 Å². The quantitative estimate of drug-likeness (QED) is 0.309. The number of aryl methyl sites for hydroxylation is 1. The minimum atomic E-state index is -3.81. The zero-order valence-corrected chi connectivity index (χ0v) is 21.4. The number of hydrogen-bond donors (Lipinski definition) is 2. The smallest absolute Gasteiger partial charge is 0.407 e. The van der Waals surface area contributed by atoms with Crippen molar-refractivity contribution in [2.24, 2.45) is 0 Å². The second kappa shape index (κ2) is 11.1. The molecule has 1 amide bonds. The monoisotopic (exact) mass is 541 g/mol. The lowest BCUT2D eigenvalue weighted by Crippen LogP contribution is -2.35. The van der Waals surface area contributed by atoms with Gasteiger partial charge in [0.05, 0.1) is 22.4 Å². The Kier molecular flexibility index (Phi) is 7.91. The second-order valence-electron chi connectivity index (χ2n) is 8.36. The minimum absolute atomic E-state index is 0.0901. The fourth-order valence-electron chi connectivity index (χ4n) is 3.75. The SMILES string of the molecule is Cc1nc(-c2cccc(S(=O)(=O)c3ccc(CCN(C[C@@H](O)c4cccc(Cl)c4)C(=O)O)cc3)c2)no1. The van der Waals surface area contributed by atoms with Crippen LogP contribution in [0.5, 0.6) is 0 Å². The molecule has 0 radical (unpaired) electrons. The van der Waals surface area contributed by atoms with Gasteiger partial charge < -0.3 is 19.6 Å². The predicted octanol–water partition coefficient (Wildman–Crippen LogP) is 4.79. The molecule has 9 nitrogen and oxygen atoms in total. The van der Waals surface area contributed by atoms with Crippen molar-refractivity contribution in [2.45, 2.75) is 29.2 Å². The van der Waals surface area contributed by atoms with E-state index in [0.717, 1.165) is 10.5 Å². The molecular formula is C26H24ClN3O6S. The zero-order valence-electron chi connectivity index (χ0n) is 19.8. The lowest BCUT2D eigenvalue weighted by molar-refractivity contribution is 0.0973. The van der Waals surface area contributed by atoms with Crippen LogP contribution in [-0.4, -0.2) is 52.9 Å². The molecule has 0 saturated heterocycles. The molecule has 2 N–H and O–H groups in total. The van der Waals surface area contributed by atoms with E-state index in [0.29, 0.717) is 34.3 Å². The van der Waals surface area contributed by atoms with Crippen molar-refractivity contribution in [3.05, 3.63) is 94.8 Å². The first kappa shape index (κ1) is 26.3. The Bertz CT molecular complexity index is 1500. The van der Waals surface area contributed by atoms with Crippen LogP contribution in [0.15, 0.2) is 87.1 Å². The highest BCUT2D eigenvalue weighted by molar-refractivity contribution is 7.91. The van der Waals surface area contributed by atoms with E-state index in [2.05, 4.69) is 10.1 Å². The fourth-order valence-corrected chi connectivity index (χ4v) is 5.25. The summed E-state index contributed by atoms with van der Waals surface area (Å²) in [4.78, 5) is 17.2. The van der Waals surface area contributed by atoms with Gasteiger partial charge in [0.25, 0.3) is 0 Å². The predicted molar refractivity (Wildman–Crippen MR) is 136 cm³/mol. The van der Waals surface area contributed by atoms with Crippen molar-refractivity contribution >= 4 is 27.5 Å². The summed E-state index contributed by atoms with van der Waals surface area (Å²) < 4.78 is 31.3. The molecule has 0 fully saturated rings. The number of aliphatic hydroxyl groups is 1. The Morgan fingerprint density at radius 1 is 1.05 bits per heavy atom. The molecule has 0 spiro atoms. The Labute approximate surface area is 218 Å². The van der Waals surface area contributed by atoms with Crippen LogP contribution >= 0.6 is 11.6 Å². The summed E-state index contributed by atoms with van der Waals surface area (Å²) >= 11 is 5.96. The largest absolute Gasteiger partial charge is 0.465 e. The standard InChI is InChI=1S/C26H24ClN3O6S/c1-17-28-25(29-36-17)20-5-3-7-23(15-20)37(34,35)22-10-8-18(9-11-22)12-13-30(26(32)33)16-24(31)19-4-2-6-21(27)14-19/h2-11,14-15,24,31H,12-13,16H2,1H3,(H,32,33)/t24-/m1/s1. The Hall–Kier alpha value is -3.73. The molecule has 3 aromatic carbocycles. The van der Waals surface area contributed by atoms with E-state index in [1.807, 2.05) is 0 Å². The topological polar surface area (TPSA) is 134 Å². The van der Waals surface area contributed by atoms with Gasteiger partial charge in [0.1, 0.15) is 0 Å². The highest BCUT2D eigenvalue weighted by atomic mass is 35.5. The maximum Gasteiger partial charge on any atom is 0.407 e. The molecule has 0 unspecified atom stereocenters. The number of aromatic nitrogens is 2. The molecule has 0 bridgehead atoms. The summed E-state index contributed by atoms with van der Waals surface area (Å²) in [5, 5.41) is 24.3. The third-order valence-electron chi connectivity index (χ3n) is 5.73. The molecular weight excluding hydrogens is 518 g/mol. The fraction of sp³-hybridized carbons (Fsp3) is 0.192. The molecule has 192 valence electrons. The third kappa shape index (κ3) is 6.34. The molecule has 11 heteroatoms. The van der Waals surface area contributed by atoms with Gasteiger partial charge in [0, 0.05) is 24.1 Å². The summed E-state index contributed by atoms with van der Waals surface area (Å²) in [6.07, 6.45) is -1.87. The lowest BCUT2D eigenvalue weighted by atomic mass is 10.1. The van der Waals surface area contributed by atoms with Gasteiger partial charge in [0.15, 0.2) is 0 Å². The molecule has 0 aliphatic carbocycles. The van der Waals surface area contributed by atoms with E-state index in [1.165, 1.54) is 24.3 Å². The molecule has 4 aromatic rings. The number of benzene rings is 3. The number of amides is 1. The van der Waals surface area contributed by atoms with Gasteiger partial charge in [-0.2, -0.15) is 4.98 Å². The number of sulfone groups is 1. The van der Waals surface area contributed by atoms with Crippen LogP contribution < -0.4 is 0 Å². The van der Waals surface area contributed by atoms with E-state index >= 15 is 0 Å². The molecule has 0 aliphatic rings. The first-order valence-electron chi connectivity index (χ1n) is 11.3. The number of aliphatic hydroxyl groups excluding tert-OH is 1. The molecule has 0 saturated carbocycles. The van der Waals surface area contributed by atoms with Crippen molar-refractivity contribution in [3.8, 4) is 11.4 Å². The summed E-state index contributed by atoms with van der Waals surface area (Å²) in [5.74, 6) is 0.674. The number of halogens is 1. The molecule has 1 atom stereocenters. The van der Waals surface area contributed by atoms with Gasteiger partial charge in [-0.1, -0.05) is 53.2 Å². The Morgan fingerprint density at radius 3 is 2.43 bits per heavy atom. The lowest BCUT2D eigenvalue weighted by Gasteiger charge is -2.23. The van der Waals surface area contributed by atoms with E-state index < -0.39 is 22.0 Å². The van der Waals surface area contributed by atoms with Crippen LogP contribution in [0.4, 0.5) is 4.79 Å². The number of rotatable bonds is 9. The van der Waals surface area contributed by atoms with Crippen molar-refractivity contribution in [1.82, 2.24) is 15.0 Å². The first-order chi connectivity index (χ1) is 17.6. The number of carboxylic acid groups (broad SMARTS) is 1. The third-order valence-corrected chi connectivity index (χ3v) is 7.73. The van der Waals surface area contributed by atoms with Crippen LogP contribution in [0, 0.1) is 6.92 Å². The average molecular weight is 542 g/mol. The van der Waals surface area contributed by atoms with Gasteiger partial charge in [-0.15, -0.1) is 0 Å². The van der Waals surface area contributed by atoms with Crippen LogP contribution in [0.25, 0.3) is 11.4 Å². The molecule has 1 aromatic heterocycles. The summed E-state index contributed by atoms with van der Waals surface area (Å²) in [7, 11) is -3.81. The van der Waals surface area contributed by atoms with Crippen molar-refractivity contribution in [3.63, 3.8) is 0 Å². The number of hydrogen-bond acceptors (Lipinski definition) is 7. The molecule has 1 heterocycles. The maximum absolute atomic E-state index is 13.2. The molecule has 4 rings (SSSR count). The summed E-state index contributed by atoms with van der Waals surface area (Å²) in [6.45, 7) is 1.64. The van der Waals surface area contributed by atoms with Gasteiger partial charge in [0.2, 0.25) is 21.6 Å². The van der Waals surface area contributed by atoms with Crippen LogP contribution in [0.3, 0.4) is 0 Å². The van der Waals surface area contributed by atoms with E-state index in [-0.39, 0.29) is 22.9 Å². The van der Waals surface area contributed by atoms with Crippen LogP contribution in [0.1, 0.15) is 23.1 Å². The van der Waals surface area contributed by atoms with E-state index in [1.54, 1.807) is 55.5 Å². The first-order valence-corrected chi connectivity index (χ1v) is 13.2. The highest BCUT2D eigenvalue weighted by Gasteiger charge is 2.21. The zero-order chi connectivity index (χ0) is 26.6. The van der Waals surface area contributed by atoms with Crippen molar-refractivity contribution in [2.75, 3.05) is 13.1 Å². The molecule has 0 aliphatic heterocycles. The van der Waals surface area contributed by atoms with Gasteiger partial charge >= 0.3 is 6.09 Å². The van der Waals surface area contributed by atoms with E-state index in [9.17, 15) is 23.4 Å². The minimum Gasteiger partial charge on any atom is -0.465 e. The van der Waals surface area contributed by atoms with Gasteiger partial charge in [-0.05, 0) is 53.9 Å². The average Bonchev–Trinajstić information content (AvgIpc) is 3.33. The maximum atomic E-state index is 13.2. The van der Waals surface area contributed by atoms with Gasteiger partial charge in [-0.25, -0.2) is 13.2 Å². The van der Waals surface area contributed by atoms with Crippen molar-refractivity contribution < 1.29 is 27.9 Å². The second-order valence-corrected chi connectivity index (χ2v) is 10.7. The Morgan fingerprint density at radius 2 is 1.78 bits per heavy atom.